The molecule has 2 aromatic heterocycles. The van der Waals surface area contributed by atoms with E-state index in [2.05, 4.69) is 38.3 Å². The summed E-state index contributed by atoms with van der Waals surface area (Å²) in [4.78, 5) is 21.9. The third-order valence-electron chi connectivity index (χ3n) is 6.04. The summed E-state index contributed by atoms with van der Waals surface area (Å²) in [5, 5.41) is 8.71. The van der Waals surface area contributed by atoms with E-state index in [1.165, 1.54) is 0 Å². The van der Waals surface area contributed by atoms with Crippen molar-refractivity contribution in [1.29, 1.82) is 0 Å². The van der Waals surface area contributed by atoms with Crippen molar-refractivity contribution in [1.82, 2.24) is 25.0 Å². The van der Waals surface area contributed by atoms with E-state index in [9.17, 15) is 4.79 Å². The Balaban J connectivity index is 1.41. The highest BCUT2D eigenvalue weighted by molar-refractivity contribution is 6.35. The third-order valence-corrected chi connectivity index (χ3v) is 6.58. The first-order chi connectivity index (χ1) is 15.8. The van der Waals surface area contributed by atoms with Crippen LogP contribution in [-0.4, -0.2) is 58.8 Å². The topological polar surface area (TPSA) is 66.3 Å². The number of amides is 1. The van der Waals surface area contributed by atoms with Crippen molar-refractivity contribution in [2.75, 3.05) is 38.1 Å². The quantitative estimate of drug-likeness (QED) is 0.573. The molecule has 1 saturated heterocycles. The number of hydrogen-bond donors (Lipinski definition) is 1. The molecule has 0 saturated carbocycles. The van der Waals surface area contributed by atoms with Crippen LogP contribution < -0.4 is 10.2 Å². The molecule has 0 aliphatic carbocycles. The Bertz CT molecular complexity index is 1150. The SMILES string of the molecule is Cc1nn(-c2ccc(Cl)cc2Cl)c(C)c1CC(=O)NCc1ccnc(N2CCN(C)CC2)c1. The molecule has 174 valence electrons. The van der Waals surface area contributed by atoms with E-state index in [0.29, 0.717) is 16.6 Å². The number of nitrogens with one attached hydrogen (secondary N) is 1. The van der Waals surface area contributed by atoms with E-state index in [0.717, 1.165) is 60.2 Å². The zero-order valence-corrected chi connectivity index (χ0v) is 20.6. The maximum absolute atomic E-state index is 12.7. The number of aromatic nitrogens is 3. The van der Waals surface area contributed by atoms with Gasteiger partial charge in [0.2, 0.25) is 5.91 Å². The molecule has 1 aliphatic heterocycles. The Kier molecular flexibility index (Phi) is 7.22. The van der Waals surface area contributed by atoms with E-state index in [1.807, 2.05) is 32.2 Å². The second-order valence-corrected chi connectivity index (χ2v) is 9.27. The normalized spacial score (nSPS) is 14.5. The Morgan fingerprint density at radius 1 is 1.09 bits per heavy atom. The van der Waals surface area contributed by atoms with Gasteiger partial charge in [0, 0.05) is 55.2 Å². The summed E-state index contributed by atoms with van der Waals surface area (Å²) in [7, 11) is 2.13. The predicted octanol–water partition coefficient (Wildman–Crippen LogP) is 3.80. The van der Waals surface area contributed by atoms with Crippen molar-refractivity contribution in [2.45, 2.75) is 26.8 Å². The average Bonchev–Trinajstić information content (AvgIpc) is 3.06. The Morgan fingerprint density at radius 3 is 2.58 bits per heavy atom. The first-order valence-electron chi connectivity index (χ1n) is 11.0. The fraction of sp³-hybridized carbons (Fsp3) is 0.375. The lowest BCUT2D eigenvalue weighted by atomic mass is 10.1. The van der Waals surface area contributed by atoms with Gasteiger partial charge in [0.1, 0.15) is 5.82 Å². The van der Waals surface area contributed by atoms with Crippen molar-refractivity contribution >= 4 is 34.9 Å². The number of nitrogens with zero attached hydrogens (tertiary/aromatic N) is 5. The maximum Gasteiger partial charge on any atom is 0.224 e. The standard InChI is InChI=1S/C24H28Cl2N6O/c1-16-20(17(2)32(29-16)22-5-4-19(25)13-21(22)26)14-24(33)28-15-18-6-7-27-23(12-18)31-10-8-30(3)9-11-31/h4-7,12-13H,8-11,14-15H2,1-3H3,(H,28,33). The molecule has 0 unspecified atom stereocenters. The minimum absolute atomic E-state index is 0.0547. The average molecular weight is 487 g/mol. The molecule has 4 rings (SSSR count). The highest BCUT2D eigenvalue weighted by Gasteiger charge is 2.18. The number of piperazine rings is 1. The van der Waals surface area contributed by atoms with E-state index in [4.69, 9.17) is 23.2 Å². The number of carbonyl (C=O) groups is 1. The van der Waals surface area contributed by atoms with Crippen molar-refractivity contribution in [3.63, 3.8) is 0 Å². The number of pyridine rings is 1. The van der Waals surface area contributed by atoms with E-state index in [-0.39, 0.29) is 12.3 Å². The fourth-order valence-electron chi connectivity index (χ4n) is 4.02. The smallest absolute Gasteiger partial charge is 0.224 e. The van der Waals surface area contributed by atoms with Gasteiger partial charge in [-0.1, -0.05) is 23.2 Å². The molecular formula is C24H28Cl2N6O. The summed E-state index contributed by atoms with van der Waals surface area (Å²) in [6, 6.07) is 9.29. The first-order valence-corrected chi connectivity index (χ1v) is 11.7. The number of halogens is 2. The summed E-state index contributed by atoms with van der Waals surface area (Å²) >= 11 is 12.4. The Hall–Kier alpha value is -2.61. The van der Waals surface area contributed by atoms with Gasteiger partial charge in [-0.2, -0.15) is 5.10 Å². The minimum atomic E-state index is -0.0547. The molecule has 0 bridgehead atoms. The molecular weight excluding hydrogens is 459 g/mol. The predicted molar refractivity (Wildman–Crippen MR) is 133 cm³/mol. The Morgan fingerprint density at radius 2 is 1.85 bits per heavy atom. The zero-order valence-electron chi connectivity index (χ0n) is 19.1. The molecule has 1 aliphatic rings. The van der Waals surface area contributed by atoms with Crippen LogP contribution in [0, 0.1) is 13.8 Å². The lowest BCUT2D eigenvalue weighted by Gasteiger charge is -2.33. The second kappa shape index (κ2) is 10.1. The molecule has 1 amide bonds. The molecule has 0 spiro atoms. The highest BCUT2D eigenvalue weighted by Crippen LogP contribution is 2.27. The van der Waals surface area contributed by atoms with Crippen LogP contribution >= 0.6 is 23.2 Å². The fourth-order valence-corrected chi connectivity index (χ4v) is 4.51. The van der Waals surface area contributed by atoms with Crippen LogP contribution in [0.5, 0.6) is 0 Å². The number of aryl methyl sites for hydroxylation is 1. The van der Waals surface area contributed by atoms with Gasteiger partial charge in [-0.15, -0.1) is 0 Å². The van der Waals surface area contributed by atoms with E-state index >= 15 is 0 Å². The molecule has 1 aromatic carbocycles. The lowest BCUT2D eigenvalue weighted by Crippen LogP contribution is -2.44. The molecule has 1 fully saturated rings. The summed E-state index contributed by atoms with van der Waals surface area (Å²) in [6.45, 7) is 8.27. The van der Waals surface area contributed by atoms with Crippen molar-refractivity contribution in [3.8, 4) is 5.69 Å². The van der Waals surface area contributed by atoms with Gasteiger partial charge in [-0.05, 0) is 56.8 Å². The molecule has 0 atom stereocenters. The van der Waals surface area contributed by atoms with Crippen molar-refractivity contribution in [2.24, 2.45) is 0 Å². The van der Waals surface area contributed by atoms with Gasteiger partial charge in [0.25, 0.3) is 0 Å². The molecule has 33 heavy (non-hydrogen) atoms. The number of anilines is 1. The first kappa shape index (κ1) is 23.5. The minimum Gasteiger partial charge on any atom is -0.354 e. The van der Waals surface area contributed by atoms with Crippen LogP contribution in [0.4, 0.5) is 5.82 Å². The number of rotatable bonds is 6. The van der Waals surface area contributed by atoms with Crippen LogP contribution in [0.1, 0.15) is 22.5 Å². The second-order valence-electron chi connectivity index (χ2n) is 8.42. The van der Waals surface area contributed by atoms with Crippen molar-refractivity contribution in [3.05, 3.63) is 69.1 Å². The number of likely N-dealkylation sites (N-methyl/N-ethyl adjacent to an activating group) is 1. The lowest BCUT2D eigenvalue weighted by molar-refractivity contribution is -0.120. The van der Waals surface area contributed by atoms with Crippen molar-refractivity contribution < 1.29 is 4.79 Å². The summed E-state index contributed by atoms with van der Waals surface area (Å²) in [5.74, 6) is 0.906. The summed E-state index contributed by atoms with van der Waals surface area (Å²) in [6.07, 6.45) is 2.06. The van der Waals surface area contributed by atoms with Gasteiger partial charge >= 0.3 is 0 Å². The zero-order chi connectivity index (χ0) is 23.5. The number of benzene rings is 1. The van der Waals surface area contributed by atoms with Gasteiger partial charge < -0.3 is 15.1 Å². The molecule has 0 radical (unpaired) electrons. The highest BCUT2D eigenvalue weighted by atomic mass is 35.5. The molecule has 7 nitrogen and oxygen atoms in total. The number of hydrogen-bond acceptors (Lipinski definition) is 5. The van der Waals surface area contributed by atoms with Crippen LogP contribution in [0.3, 0.4) is 0 Å². The Labute approximate surface area is 204 Å². The van der Waals surface area contributed by atoms with Gasteiger partial charge in [0.15, 0.2) is 0 Å². The van der Waals surface area contributed by atoms with Gasteiger partial charge in [-0.25, -0.2) is 9.67 Å². The molecule has 9 heteroatoms. The largest absolute Gasteiger partial charge is 0.354 e. The van der Waals surface area contributed by atoms with E-state index in [1.54, 1.807) is 16.8 Å². The summed E-state index contributed by atoms with van der Waals surface area (Å²) < 4.78 is 1.77. The number of carbonyl (C=O) groups excluding carboxylic acids is 1. The summed E-state index contributed by atoms with van der Waals surface area (Å²) in [5.41, 5.74) is 4.35. The molecule has 3 aromatic rings. The molecule has 3 heterocycles. The van der Waals surface area contributed by atoms with Crippen LogP contribution in [0.25, 0.3) is 5.69 Å². The monoisotopic (exact) mass is 486 g/mol. The van der Waals surface area contributed by atoms with Crippen LogP contribution in [-0.2, 0) is 17.8 Å². The van der Waals surface area contributed by atoms with Crippen LogP contribution in [0.2, 0.25) is 10.0 Å². The van der Waals surface area contributed by atoms with Gasteiger partial charge in [0.05, 0.1) is 22.8 Å². The molecule has 1 N–H and O–H groups in total. The van der Waals surface area contributed by atoms with Gasteiger partial charge in [-0.3, -0.25) is 4.79 Å². The van der Waals surface area contributed by atoms with E-state index < -0.39 is 0 Å². The maximum atomic E-state index is 12.7. The third kappa shape index (κ3) is 5.49. The van der Waals surface area contributed by atoms with Crippen LogP contribution in [0.15, 0.2) is 36.5 Å².